The minimum absolute atomic E-state index is 0.146. The van der Waals surface area contributed by atoms with Crippen molar-refractivity contribution < 1.29 is 13.2 Å². The third-order valence-electron chi connectivity index (χ3n) is 3.62. The van der Waals surface area contributed by atoms with E-state index in [-0.39, 0.29) is 11.7 Å². The predicted octanol–water partition coefficient (Wildman–Crippen LogP) is 1.25. The molecule has 2 heterocycles. The number of hydrogen-bond acceptors (Lipinski definition) is 4. The number of carbonyl (C=O) groups excluding carboxylic acids is 1. The van der Waals surface area contributed by atoms with Crippen molar-refractivity contribution in [3.05, 3.63) is 30.1 Å². The monoisotopic (exact) mass is 296 g/mol. The first-order valence-electron chi connectivity index (χ1n) is 6.81. The van der Waals surface area contributed by atoms with E-state index >= 15 is 0 Å². The maximum atomic E-state index is 12.0. The van der Waals surface area contributed by atoms with Crippen molar-refractivity contribution in [2.24, 2.45) is 5.92 Å². The molecule has 1 aromatic rings. The van der Waals surface area contributed by atoms with Crippen LogP contribution in [0.4, 0.5) is 0 Å². The summed E-state index contributed by atoms with van der Waals surface area (Å²) >= 11 is 0. The van der Waals surface area contributed by atoms with Crippen molar-refractivity contribution in [1.82, 2.24) is 9.29 Å². The first-order valence-corrected chi connectivity index (χ1v) is 8.65. The number of carbonyl (C=O) groups is 1. The van der Waals surface area contributed by atoms with Gasteiger partial charge in [0.15, 0.2) is 0 Å². The molecule has 0 bridgehead atoms. The Kier molecular flexibility index (Phi) is 4.88. The van der Waals surface area contributed by atoms with Gasteiger partial charge in [-0.2, -0.15) is 0 Å². The largest absolute Gasteiger partial charge is 0.299 e. The van der Waals surface area contributed by atoms with Crippen molar-refractivity contribution >= 4 is 15.8 Å². The van der Waals surface area contributed by atoms with Gasteiger partial charge in [0.25, 0.3) is 0 Å². The summed E-state index contributed by atoms with van der Waals surface area (Å²) in [6.45, 7) is 1.05. The van der Waals surface area contributed by atoms with E-state index in [0.29, 0.717) is 25.9 Å². The molecule has 1 aliphatic rings. The van der Waals surface area contributed by atoms with E-state index in [2.05, 4.69) is 4.98 Å². The van der Waals surface area contributed by atoms with Gasteiger partial charge in [-0.05, 0) is 36.5 Å². The van der Waals surface area contributed by atoms with E-state index in [4.69, 9.17) is 0 Å². The van der Waals surface area contributed by atoms with Gasteiger partial charge in [0, 0.05) is 38.3 Å². The normalized spacial score (nSPS) is 20.8. The number of piperidine rings is 1. The topological polar surface area (TPSA) is 67.3 Å². The van der Waals surface area contributed by atoms with Gasteiger partial charge in [0.2, 0.25) is 10.0 Å². The third-order valence-corrected chi connectivity index (χ3v) is 4.89. The molecule has 1 saturated heterocycles. The molecule has 6 heteroatoms. The summed E-state index contributed by atoms with van der Waals surface area (Å²) in [5, 5.41) is 0. The molecule has 110 valence electrons. The van der Waals surface area contributed by atoms with Crippen LogP contribution in [0.1, 0.15) is 24.8 Å². The van der Waals surface area contributed by atoms with Crippen LogP contribution in [0.25, 0.3) is 0 Å². The van der Waals surface area contributed by atoms with Crippen LogP contribution in [0.2, 0.25) is 0 Å². The molecule has 1 unspecified atom stereocenters. The van der Waals surface area contributed by atoms with Gasteiger partial charge in [-0.3, -0.25) is 9.78 Å². The summed E-state index contributed by atoms with van der Waals surface area (Å²) in [6, 6.07) is 3.67. The Morgan fingerprint density at radius 1 is 1.40 bits per heavy atom. The smallest absolute Gasteiger partial charge is 0.211 e. The Hall–Kier alpha value is -1.27. The first kappa shape index (κ1) is 15.1. The quantitative estimate of drug-likeness (QED) is 0.820. The van der Waals surface area contributed by atoms with Crippen LogP contribution < -0.4 is 0 Å². The fraction of sp³-hybridized carbons (Fsp3) is 0.571. The molecule has 0 aliphatic carbocycles. The lowest BCUT2D eigenvalue weighted by atomic mass is 9.92. The molecule has 2 rings (SSSR count). The van der Waals surface area contributed by atoms with Gasteiger partial charge < -0.3 is 0 Å². The van der Waals surface area contributed by atoms with E-state index in [9.17, 15) is 13.2 Å². The van der Waals surface area contributed by atoms with Crippen molar-refractivity contribution in [2.75, 3.05) is 19.3 Å². The minimum atomic E-state index is -3.14. The SMILES string of the molecule is CS(=O)(=O)N1CCCC(CC(=O)Cc2ccncc2)C1. The highest BCUT2D eigenvalue weighted by Gasteiger charge is 2.27. The van der Waals surface area contributed by atoms with Crippen LogP contribution >= 0.6 is 0 Å². The number of Topliss-reactive ketones (excluding diaryl/α,β-unsaturated/α-hetero) is 1. The summed E-state index contributed by atoms with van der Waals surface area (Å²) in [7, 11) is -3.14. The Morgan fingerprint density at radius 3 is 2.75 bits per heavy atom. The van der Waals surface area contributed by atoms with Crippen molar-refractivity contribution in [2.45, 2.75) is 25.7 Å². The molecule has 1 aromatic heterocycles. The zero-order valence-corrected chi connectivity index (χ0v) is 12.5. The van der Waals surface area contributed by atoms with Gasteiger partial charge in [-0.25, -0.2) is 12.7 Å². The molecule has 1 aliphatic heterocycles. The van der Waals surface area contributed by atoms with Crippen molar-refractivity contribution in [1.29, 1.82) is 0 Å². The predicted molar refractivity (Wildman–Crippen MR) is 76.7 cm³/mol. The number of pyridine rings is 1. The maximum Gasteiger partial charge on any atom is 0.211 e. The third kappa shape index (κ3) is 4.38. The molecule has 1 atom stereocenters. The standard InChI is InChI=1S/C14H20N2O3S/c1-20(18,19)16-8-2-3-13(11-16)10-14(17)9-12-4-6-15-7-5-12/h4-7,13H,2-3,8-11H2,1H3. The average molecular weight is 296 g/mol. The van der Waals surface area contributed by atoms with E-state index in [1.54, 1.807) is 12.4 Å². The lowest BCUT2D eigenvalue weighted by Crippen LogP contribution is -2.39. The molecular weight excluding hydrogens is 276 g/mol. The number of aromatic nitrogens is 1. The van der Waals surface area contributed by atoms with E-state index in [1.807, 2.05) is 12.1 Å². The second-order valence-corrected chi connectivity index (χ2v) is 7.39. The highest BCUT2D eigenvalue weighted by molar-refractivity contribution is 7.88. The number of ketones is 1. The number of rotatable bonds is 5. The molecule has 1 fully saturated rings. The van der Waals surface area contributed by atoms with Crippen LogP contribution in [-0.4, -0.2) is 42.8 Å². The lowest BCUT2D eigenvalue weighted by molar-refractivity contribution is -0.119. The molecule has 5 nitrogen and oxygen atoms in total. The summed E-state index contributed by atoms with van der Waals surface area (Å²) in [4.78, 5) is 16.0. The molecular formula is C14H20N2O3S. The van der Waals surface area contributed by atoms with Crippen LogP contribution in [0.3, 0.4) is 0 Å². The average Bonchev–Trinajstić information content (AvgIpc) is 2.39. The molecule has 0 saturated carbocycles. The number of sulfonamides is 1. The van der Waals surface area contributed by atoms with Gasteiger partial charge in [-0.15, -0.1) is 0 Å². The van der Waals surface area contributed by atoms with E-state index in [0.717, 1.165) is 18.4 Å². The fourth-order valence-electron chi connectivity index (χ4n) is 2.62. The summed E-state index contributed by atoms with van der Waals surface area (Å²) in [5.41, 5.74) is 0.959. The maximum absolute atomic E-state index is 12.0. The fourth-order valence-corrected chi connectivity index (χ4v) is 3.56. The van der Waals surface area contributed by atoms with Crippen LogP contribution in [0.5, 0.6) is 0 Å². The molecule has 0 aromatic carbocycles. The van der Waals surface area contributed by atoms with Gasteiger partial charge >= 0.3 is 0 Å². The number of nitrogens with zero attached hydrogens (tertiary/aromatic N) is 2. The summed E-state index contributed by atoms with van der Waals surface area (Å²) in [5.74, 6) is 0.310. The van der Waals surface area contributed by atoms with Crippen molar-refractivity contribution in [3.63, 3.8) is 0 Å². The highest BCUT2D eigenvalue weighted by Crippen LogP contribution is 2.22. The van der Waals surface area contributed by atoms with Crippen molar-refractivity contribution in [3.8, 4) is 0 Å². The summed E-state index contributed by atoms with van der Waals surface area (Å²) < 4.78 is 24.6. The Labute approximate surface area is 120 Å². The second kappa shape index (κ2) is 6.45. The van der Waals surface area contributed by atoms with Gasteiger partial charge in [0.1, 0.15) is 5.78 Å². The van der Waals surface area contributed by atoms with Crippen LogP contribution in [0, 0.1) is 5.92 Å². The molecule has 0 amide bonds. The number of hydrogen-bond donors (Lipinski definition) is 0. The highest BCUT2D eigenvalue weighted by atomic mass is 32.2. The molecule has 0 spiro atoms. The molecule has 0 radical (unpaired) electrons. The minimum Gasteiger partial charge on any atom is -0.299 e. The van der Waals surface area contributed by atoms with E-state index in [1.165, 1.54) is 10.6 Å². The lowest BCUT2D eigenvalue weighted by Gasteiger charge is -2.30. The van der Waals surface area contributed by atoms with Gasteiger partial charge in [0.05, 0.1) is 6.26 Å². The Bertz CT molecular complexity index is 557. The second-order valence-electron chi connectivity index (χ2n) is 5.40. The Balaban J connectivity index is 1.88. The Morgan fingerprint density at radius 2 is 2.10 bits per heavy atom. The molecule has 0 N–H and O–H groups in total. The van der Waals surface area contributed by atoms with Gasteiger partial charge in [-0.1, -0.05) is 0 Å². The zero-order valence-electron chi connectivity index (χ0n) is 11.7. The molecule has 20 heavy (non-hydrogen) atoms. The summed E-state index contributed by atoms with van der Waals surface area (Å²) in [6.07, 6.45) is 7.19. The van der Waals surface area contributed by atoms with Crippen LogP contribution in [0.15, 0.2) is 24.5 Å². The van der Waals surface area contributed by atoms with Crippen LogP contribution in [-0.2, 0) is 21.2 Å². The van der Waals surface area contributed by atoms with E-state index < -0.39 is 10.0 Å². The zero-order chi connectivity index (χ0) is 14.6. The first-order chi connectivity index (χ1) is 9.45.